The topological polar surface area (TPSA) is 17.1 Å². The molecule has 10 heavy (non-hydrogen) atoms. The van der Waals surface area contributed by atoms with Crippen molar-refractivity contribution in [2.24, 2.45) is 11.8 Å². The SMILES string of the molecule is C=CC(=O)CC(C)C1CC1. The molecule has 0 heterocycles. The van der Waals surface area contributed by atoms with E-state index in [4.69, 9.17) is 0 Å². The zero-order valence-corrected chi connectivity index (χ0v) is 6.47. The van der Waals surface area contributed by atoms with E-state index in [0.29, 0.717) is 12.3 Å². The molecule has 56 valence electrons. The first-order valence-corrected chi connectivity index (χ1v) is 3.89. The Morgan fingerprint density at radius 2 is 2.40 bits per heavy atom. The van der Waals surface area contributed by atoms with Crippen LogP contribution in [0.2, 0.25) is 0 Å². The minimum atomic E-state index is 0.194. The van der Waals surface area contributed by atoms with Crippen molar-refractivity contribution in [3.05, 3.63) is 12.7 Å². The van der Waals surface area contributed by atoms with Gasteiger partial charge in [-0.05, 0) is 30.8 Å². The van der Waals surface area contributed by atoms with Crippen molar-refractivity contribution in [2.45, 2.75) is 26.2 Å². The molecule has 0 aliphatic heterocycles. The van der Waals surface area contributed by atoms with Crippen molar-refractivity contribution < 1.29 is 4.79 Å². The Balaban J connectivity index is 2.22. The first kappa shape index (κ1) is 7.52. The summed E-state index contributed by atoms with van der Waals surface area (Å²) in [5.74, 6) is 1.62. The lowest BCUT2D eigenvalue weighted by molar-refractivity contribution is -0.115. The average Bonchev–Trinajstić information content (AvgIpc) is 2.68. The van der Waals surface area contributed by atoms with Gasteiger partial charge in [0.2, 0.25) is 0 Å². The van der Waals surface area contributed by atoms with Crippen molar-refractivity contribution in [1.29, 1.82) is 0 Å². The van der Waals surface area contributed by atoms with E-state index >= 15 is 0 Å². The van der Waals surface area contributed by atoms with Gasteiger partial charge in [-0.2, -0.15) is 0 Å². The molecule has 1 atom stereocenters. The minimum Gasteiger partial charge on any atom is -0.295 e. The summed E-state index contributed by atoms with van der Waals surface area (Å²) in [6, 6.07) is 0. The molecular formula is C9H14O. The second kappa shape index (κ2) is 3.00. The maximum atomic E-state index is 10.8. The van der Waals surface area contributed by atoms with Gasteiger partial charge in [0.25, 0.3) is 0 Å². The van der Waals surface area contributed by atoms with E-state index in [9.17, 15) is 4.79 Å². The van der Waals surface area contributed by atoms with Gasteiger partial charge in [0.15, 0.2) is 5.78 Å². The smallest absolute Gasteiger partial charge is 0.155 e. The molecule has 0 bridgehead atoms. The van der Waals surface area contributed by atoms with Crippen LogP contribution in [0, 0.1) is 11.8 Å². The Morgan fingerprint density at radius 1 is 1.80 bits per heavy atom. The first-order chi connectivity index (χ1) is 4.74. The third-order valence-electron chi connectivity index (χ3n) is 2.18. The lowest BCUT2D eigenvalue weighted by atomic mass is 10.00. The van der Waals surface area contributed by atoms with Crippen LogP contribution in [0.5, 0.6) is 0 Å². The quantitative estimate of drug-likeness (QED) is 0.544. The van der Waals surface area contributed by atoms with Crippen LogP contribution in [0.1, 0.15) is 26.2 Å². The fourth-order valence-corrected chi connectivity index (χ4v) is 1.23. The molecule has 1 nitrogen and oxygen atoms in total. The summed E-state index contributed by atoms with van der Waals surface area (Å²) in [7, 11) is 0. The Labute approximate surface area is 62.1 Å². The van der Waals surface area contributed by atoms with E-state index in [0.717, 1.165) is 5.92 Å². The second-order valence-corrected chi connectivity index (χ2v) is 3.19. The van der Waals surface area contributed by atoms with Gasteiger partial charge in [0.05, 0.1) is 0 Å². The number of carbonyl (C=O) groups is 1. The molecule has 0 radical (unpaired) electrons. The number of hydrogen-bond donors (Lipinski definition) is 0. The van der Waals surface area contributed by atoms with Gasteiger partial charge in [-0.3, -0.25) is 4.79 Å². The Morgan fingerprint density at radius 3 is 2.80 bits per heavy atom. The van der Waals surface area contributed by atoms with E-state index in [-0.39, 0.29) is 5.78 Å². The summed E-state index contributed by atoms with van der Waals surface area (Å²) < 4.78 is 0. The molecule has 0 N–H and O–H groups in total. The van der Waals surface area contributed by atoms with Gasteiger partial charge in [-0.1, -0.05) is 13.5 Å². The lowest BCUT2D eigenvalue weighted by Crippen LogP contribution is -2.03. The fourth-order valence-electron chi connectivity index (χ4n) is 1.23. The Bertz CT molecular complexity index is 145. The molecule has 1 unspecified atom stereocenters. The zero-order valence-electron chi connectivity index (χ0n) is 6.47. The van der Waals surface area contributed by atoms with Gasteiger partial charge in [0.1, 0.15) is 0 Å². The molecule has 0 aromatic heterocycles. The van der Waals surface area contributed by atoms with E-state index in [1.54, 1.807) is 0 Å². The van der Waals surface area contributed by atoms with Crippen LogP contribution in [0.15, 0.2) is 12.7 Å². The summed E-state index contributed by atoms with van der Waals surface area (Å²) >= 11 is 0. The molecule has 1 heteroatoms. The van der Waals surface area contributed by atoms with Crippen LogP contribution in [0.3, 0.4) is 0 Å². The molecule has 1 fully saturated rings. The number of rotatable bonds is 4. The molecule has 1 aliphatic rings. The van der Waals surface area contributed by atoms with Crippen molar-refractivity contribution >= 4 is 5.78 Å². The first-order valence-electron chi connectivity index (χ1n) is 3.89. The lowest BCUT2D eigenvalue weighted by Gasteiger charge is -2.04. The van der Waals surface area contributed by atoms with Gasteiger partial charge in [0, 0.05) is 6.42 Å². The molecule has 0 aromatic rings. The maximum absolute atomic E-state index is 10.8. The minimum absolute atomic E-state index is 0.194. The summed E-state index contributed by atoms with van der Waals surface area (Å²) in [6.07, 6.45) is 4.78. The van der Waals surface area contributed by atoms with E-state index in [2.05, 4.69) is 13.5 Å². The standard InChI is InChI=1S/C9H14O/c1-3-9(10)6-7(2)8-4-5-8/h3,7-8H,1,4-6H2,2H3. The molecule has 0 spiro atoms. The molecular weight excluding hydrogens is 124 g/mol. The number of hydrogen-bond acceptors (Lipinski definition) is 1. The predicted octanol–water partition coefficient (Wildman–Crippen LogP) is 2.18. The van der Waals surface area contributed by atoms with Crippen LogP contribution < -0.4 is 0 Å². The van der Waals surface area contributed by atoms with Crippen LogP contribution in [0.4, 0.5) is 0 Å². The monoisotopic (exact) mass is 138 g/mol. The Hall–Kier alpha value is -0.590. The Kier molecular flexibility index (Phi) is 2.25. The van der Waals surface area contributed by atoms with Crippen LogP contribution in [-0.2, 0) is 4.79 Å². The van der Waals surface area contributed by atoms with Crippen LogP contribution >= 0.6 is 0 Å². The third kappa shape index (κ3) is 1.98. The van der Waals surface area contributed by atoms with Gasteiger partial charge in [-0.15, -0.1) is 0 Å². The molecule has 0 aromatic carbocycles. The average molecular weight is 138 g/mol. The molecule has 1 rings (SSSR count). The number of carbonyl (C=O) groups excluding carboxylic acids is 1. The summed E-state index contributed by atoms with van der Waals surface area (Å²) in [6.45, 7) is 5.60. The highest BCUT2D eigenvalue weighted by Crippen LogP contribution is 2.38. The normalized spacial score (nSPS) is 20.1. The number of allylic oxidation sites excluding steroid dienone is 1. The van der Waals surface area contributed by atoms with Gasteiger partial charge in [-0.25, -0.2) is 0 Å². The summed E-state index contributed by atoms with van der Waals surface area (Å²) in [5, 5.41) is 0. The van der Waals surface area contributed by atoms with Crippen molar-refractivity contribution in [2.75, 3.05) is 0 Å². The summed E-state index contributed by atoms with van der Waals surface area (Å²) in [5.41, 5.74) is 0. The van der Waals surface area contributed by atoms with E-state index in [1.807, 2.05) is 0 Å². The van der Waals surface area contributed by atoms with Gasteiger partial charge < -0.3 is 0 Å². The molecule has 0 amide bonds. The molecule has 1 saturated carbocycles. The zero-order chi connectivity index (χ0) is 7.56. The second-order valence-electron chi connectivity index (χ2n) is 3.19. The highest BCUT2D eigenvalue weighted by atomic mass is 16.1. The molecule has 0 saturated heterocycles. The largest absolute Gasteiger partial charge is 0.295 e. The third-order valence-corrected chi connectivity index (χ3v) is 2.18. The van der Waals surface area contributed by atoms with E-state index in [1.165, 1.54) is 18.9 Å². The highest BCUT2D eigenvalue weighted by Gasteiger charge is 2.28. The van der Waals surface area contributed by atoms with Crippen LogP contribution in [-0.4, -0.2) is 5.78 Å². The highest BCUT2D eigenvalue weighted by molar-refractivity contribution is 5.89. The summed E-state index contributed by atoms with van der Waals surface area (Å²) in [4.78, 5) is 10.8. The van der Waals surface area contributed by atoms with Crippen molar-refractivity contribution in [1.82, 2.24) is 0 Å². The van der Waals surface area contributed by atoms with Crippen molar-refractivity contribution in [3.8, 4) is 0 Å². The fraction of sp³-hybridized carbons (Fsp3) is 0.667. The number of ketones is 1. The molecule has 1 aliphatic carbocycles. The van der Waals surface area contributed by atoms with Crippen LogP contribution in [0.25, 0.3) is 0 Å². The maximum Gasteiger partial charge on any atom is 0.155 e. The van der Waals surface area contributed by atoms with E-state index < -0.39 is 0 Å². The predicted molar refractivity (Wildman–Crippen MR) is 41.7 cm³/mol. The van der Waals surface area contributed by atoms with Gasteiger partial charge >= 0.3 is 0 Å². The van der Waals surface area contributed by atoms with Crippen molar-refractivity contribution in [3.63, 3.8) is 0 Å².